The van der Waals surface area contributed by atoms with Crippen LogP contribution in [-0.2, 0) is 0 Å². The lowest BCUT2D eigenvalue weighted by molar-refractivity contribution is 0.477. The maximum Gasteiger partial charge on any atom is 0.0383 e. The number of nitrogens with one attached hydrogen (secondary N) is 1. The summed E-state index contributed by atoms with van der Waals surface area (Å²) in [4.78, 5) is 2.37. The van der Waals surface area contributed by atoms with E-state index in [2.05, 4.69) is 66.3 Å². The molecule has 0 radical (unpaired) electrons. The number of nitrogens with zero attached hydrogens (tertiary/aromatic N) is 1. The summed E-state index contributed by atoms with van der Waals surface area (Å²) in [5.41, 5.74) is 1.31. The van der Waals surface area contributed by atoms with Crippen LogP contribution in [0, 0.1) is 11.8 Å². The highest BCUT2D eigenvalue weighted by molar-refractivity contribution is 7.99. The molecule has 1 saturated heterocycles. The molecule has 0 bridgehead atoms. The minimum absolute atomic E-state index is 0.534. The standard InChI is InChI=1S/C17H26N2S/c1-13(19(2)17-6-4-3-5-7-17)10-18-16-8-14-11-20-12-15(14)9-16/h3-7,13-16,18H,8-12H2,1-2H3/t13?,14-,15+,16?. The fourth-order valence-electron chi connectivity index (χ4n) is 3.55. The van der Waals surface area contributed by atoms with Crippen LogP contribution in [-0.4, -0.2) is 37.2 Å². The summed E-state index contributed by atoms with van der Waals surface area (Å²) >= 11 is 2.16. The molecule has 0 spiro atoms. The van der Waals surface area contributed by atoms with Crippen LogP contribution < -0.4 is 10.2 Å². The molecule has 20 heavy (non-hydrogen) atoms. The Bertz CT molecular complexity index is 410. The molecule has 2 aliphatic rings. The Morgan fingerprint density at radius 3 is 2.50 bits per heavy atom. The molecule has 110 valence electrons. The fraction of sp³-hybridized carbons (Fsp3) is 0.647. The van der Waals surface area contributed by atoms with Gasteiger partial charge in [0.2, 0.25) is 0 Å². The van der Waals surface area contributed by atoms with Crippen molar-refractivity contribution in [3.05, 3.63) is 30.3 Å². The second kappa shape index (κ2) is 6.40. The number of hydrogen-bond donors (Lipinski definition) is 1. The van der Waals surface area contributed by atoms with Crippen LogP contribution in [0.5, 0.6) is 0 Å². The van der Waals surface area contributed by atoms with Crippen molar-refractivity contribution in [3.8, 4) is 0 Å². The lowest BCUT2D eigenvalue weighted by Gasteiger charge is -2.28. The number of hydrogen-bond acceptors (Lipinski definition) is 3. The Hall–Kier alpha value is -0.670. The Balaban J connectivity index is 1.46. The third-order valence-electron chi connectivity index (χ3n) is 5.03. The molecule has 1 aliphatic carbocycles. The summed E-state index contributed by atoms with van der Waals surface area (Å²) < 4.78 is 0. The van der Waals surface area contributed by atoms with E-state index in [1.807, 2.05) is 0 Å². The fourth-order valence-corrected chi connectivity index (χ4v) is 5.11. The monoisotopic (exact) mass is 290 g/mol. The topological polar surface area (TPSA) is 15.3 Å². The molecule has 2 nitrogen and oxygen atoms in total. The van der Waals surface area contributed by atoms with Crippen molar-refractivity contribution in [2.45, 2.75) is 31.8 Å². The van der Waals surface area contributed by atoms with Gasteiger partial charge in [0.15, 0.2) is 0 Å². The molecule has 3 heteroatoms. The molecule has 1 aliphatic heterocycles. The van der Waals surface area contributed by atoms with Crippen molar-refractivity contribution in [2.24, 2.45) is 11.8 Å². The summed E-state index contributed by atoms with van der Waals surface area (Å²) in [5, 5.41) is 3.81. The summed E-state index contributed by atoms with van der Waals surface area (Å²) in [6, 6.07) is 12.0. The van der Waals surface area contributed by atoms with Gasteiger partial charge in [0.05, 0.1) is 0 Å². The van der Waals surface area contributed by atoms with E-state index in [0.29, 0.717) is 6.04 Å². The number of fused-ring (bicyclic) bond motifs is 1. The normalized spacial score (nSPS) is 30.2. The lowest BCUT2D eigenvalue weighted by atomic mass is 10.0. The Morgan fingerprint density at radius 1 is 1.20 bits per heavy atom. The summed E-state index contributed by atoms with van der Waals surface area (Å²) in [7, 11) is 2.20. The Kier molecular flexibility index (Phi) is 4.57. The van der Waals surface area contributed by atoms with E-state index in [0.717, 1.165) is 24.4 Å². The van der Waals surface area contributed by atoms with Gasteiger partial charge >= 0.3 is 0 Å². The van der Waals surface area contributed by atoms with Gasteiger partial charge in [-0.2, -0.15) is 11.8 Å². The minimum atomic E-state index is 0.534. The van der Waals surface area contributed by atoms with Crippen molar-refractivity contribution in [1.82, 2.24) is 5.32 Å². The van der Waals surface area contributed by atoms with Crippen LogP contribution in [0.25, 0.3) is 0 Å². The average Bonchev–Trinajstić information content (AvgIpc) is 3.06. The van der Waals surface area contributed by atoms with Gasteiger partial charge < -0.3 is 10.2 Å². The third kappa shape index (κ3) is 3.15. The van der Waals surface area contributed by atoms with Gasteiger partial charge in [-0.1, -0.05) is 18.2 Å². The molecular formula is C17H26N2S. The first-order chi connectivity index (χ1) is 9.74. The minimum Gasteiger partial charge on any atom is -0.371 e. The average molecular weight is 290 g/mol. The largest absolute Gasteiger partial charge is 0.371 e. The molecule has 1 aromatic carbocycles. The quantitative estimate of drug-likeness (QED) is 0.896. The van der Waals surface area contributed by atoms with E-state index in [1.54, 1.807) is 0 Å². The molecule has 0 aromatic heterocycles. The van der Waals surface area contributed by atoms with Gasteiger partial charge in [-0.05, 0) is 55.2 Å². The van der Waals surface area contributed by atoms with Gasteiger partial charge in [-0.3, -0.25) is 0 Å². The van der Waals surface area contributed by atoms with Crippen LogP contribution >= 0.6 is 11.8 Å². The molecular weight excluding hydrogens is 264 g/mol. The molecule has 0 amide bonds. The van der Waals surface area contributed by atoms with E-state index in [-0.39, 0.29) is 0 Å². The van der Waals surface area contributed by atoms with E-state index < -0.39 is 0 Å². The predicted molar refractivity (Wildman–Crippen MR) is 89.6 cm³/mol. The van der Waals surface area contributed by atoms with Crippen molar-refractivity contribution >= 4 is 17.4 Å². The molecule has 1 saturated carbocycles. The second-order valence-electron chi connectivity index (χ2n) is 6.43. The van der Waals surface area contributed by atoms with E-state index >= 15 is 0 Å². The van der Waals surface area contributed by atoms with Crippen molar-refractivity contribution in [3.63, 3.8) is 0 Å². The maximum absolute atomic E-state index is 3.81. The Labute approximate surface area is 127 Å². The first-order valence-corrected chi connectivity index (χ1v) is 8.98. The number of likely N-dealkylation sites (N-methyl/N-ethyl adjacent to an activating group) is 1. The van der Waals surface area contributed by atoms with E-state index in [4.69, 9.17) is 0 Å². The lowest BCUT2D eigenvalue weighted by Crippen LogP contribution is -2.41. The number of benzene rings is 1. The van der Waals surface area contributed by atoms with Crippen molar-refractivity contribution < 1.29 is 0 Å². The van der Waals surface area contributed by atoms with Gasteiger partial charge in [0.25, 0.3) is 0 Å². The number of rotatable bonds is 5. The molecule has 1 N–H and O–H groups in total. The number of thioether (sulfide) groups is 1. The molecule has 2 fully saturated rings. The van der Waals surface area contributed by atoms with Crippen molar-refractivity contribution in [1.29, 1.82) is 0 Å². The van der Waals surface area contributed by atoms with Crippen LogP contribution in [0.4, 0.5) is 5.69 Å². The highest BCUT2D eigenvalue weighted by atomic mass is 32.2. The smallest absolute Gasteiger partial charge is 0.0383 e. The number of anilines is 1. The highest BCUT2D eigenvalue weighted by Crippen LogP contribution is 2.41. The summed E-state index contributed by atoms with van der Waals surface area (Å²) in [6.45, 7) is 3.40. The zero-order valence-electron chi connectivity index (χ0n) is 12.6. The zero-order chi connectivity index (χ0) is 13.9. The van der Waals surface area contributed by atoms with Crippen molar-refractivity contribution in [2.75, 3.05) is 30.0 Å². The zero-order valence-corrected chi connectivity index (χ0v) is 13.4. The third-order valence-corrected chi connectivity index (χ3v) is 6.36. The molecule has 1 heterocycles. The first-order valence-electron chi connectivity index (χ1n) is 7.83. The first kappa shape index (κ1) is 14.3. The molecule has 1 aromatic rings. The molecule has 4 atom stereocenters. The van der Waals surface area contributed by atoms with Crippen LogP contribution in [0.1, 0.15) is 19.8 Å². The summed E-state index contributed by atoms with van der Waals surface area (Å²) in [6.07, 6.45) is 2.80. The molecule has 3 rings (SSSR count). The van der Waals surface area contributed by atoms with Gasteiger partial charge in [-0.25, -0.2) is 0 Å². The number of para-hydroxylation sites is 1. The van der Waals surface area contributed by atoms with Gasteiger partial charge in [-0.15, -0.1) is 0 Å². The van der Waals surface area contributed by atoms with Crippen LogP contribution in [0.3, 0.4) is 0 Å². The summed E-state index contributed by atoms with van der Waals surface area (Å²) in [5.74, 6) is 4.81. The van der Waals surface area contributed by atoms with Gasteiger partial charge in [0.1, 0.15) is 0 Å². The highest BCUT2D eigenvalue weighted by Gasteiger charge is 2.37. The van der Waals surface area contributed by atoms with Gasteiger partial charge in [0, 0.05) is 31.4 Å². The molecule has 2 unspecified atom stereocenters. The van der Waals surface area contributed by atoms with E-state index in [9.17, 15) is 0 Å². The maximum atomic E-state index is 3.81. The Morgan fingerprint density at radius 2 is 1.85 bits per heavy atom. The van der Waals surface area contributed by atoms with Crippen LogP contribution in [0.15, 0.2) is 30.3 Å². The second-order valence-corrected chi connectivity index (χ2v) is 7.50. The van der Waals surface area contributed by atoms with Crippen LogP contribution in [0.2, 0.25) is 0 Å². The SMILES string of the molecule is CC(CNC1C[C@H]2CSC[C@H]2C1)N(C)c1ccccc1. The predicted octanol–water partition coefficient (Wildman–Crippen LogP) is 3.24. The van der Waals surface area contributed by atoms with E-state index in [1.165, 1.54) is 30.0 Å².